The first-order valence-electron chi connectivity index (χ1n) is 7.86. The van der Waals surface area contributed by atoms with E-state index in [1.807, 2.05) is 0 Å². The molecule has 0 spiro atoms. The van der Waals surface area contributed by atoms with Gasteiger partial charge in [-0.2, -0.15) is 4.98 Å². The van der Waals surface area contributed by atoms with Crippen molar-refractivity contribution in [3.63, 3.8) is 0 Å². The highest BCUT2D eigenvalue weighted by molar-refractivity contribution is 5.35. The fourth-order valence-corrected chi connectivity index (χ4v) is 3.66. The molecule has 1 aliphatic carbocycles. The summed E-state index contributed by atoms with van der Waals surface area (Å²) in [5, 5.41) is 4.35. The molecule has 4 nitrogen and oxygen atoms in total. The Morgan fingerprint density at radius 2 is 2.05 bits per heavy atom. The van der Waals surface area contributed by atoms with Crippen LogP contribution >= 0.6 is 0 Å². The highest BCUT2D eigenvalue weighted by Crippen LogP contribution is 2.48. The third-order valence-corrected chi connectivity index (χ3v) is 5.14. The molecule has 1 saturated heterocycles. The Balaban J connectivity index is 1.65. The van der Waals surface area contributed by atoms with Crippen LogP contribution in [0.25, 0.3) is 0 Å². The van der Waals surface area contributed by atoms with Crippen molar-refractivity contribution in [1.82, 2.24) is 15.0 Å². The van der Waals surface area contributed by atoms with E-state index in [4.69, 9.17) is 9.51 Å². The van der Waals surface area contributed by atoms with Gasteiger partial charge in [-0.15, -0.1) is 0 Å². The Hall–Kier alpha value is -1.68. The smallest absolute Gasteiger partial charge is 0.231 e. The van der Waals surface area contributed by atoms with Crippen molar-refractivity contribution in [3.05, 3.63) is 47.6 Å². The zero-order valence-corrected chi connectivity index (χ0v) is 12.5. The number of likely N-dealkylation sites (tertiary alicyclic amines) is 1. The minimum Gasteiger partial charge on any atom is -0.339 e. The van der Waals surface area contributed by atoms with Gasteiger partial charge in [-0.3, -0.25) is 0 Å². The maximum atomic E-state index is 5.61. The minimum absolute atomic E-state index is 0.00643. The van der Waals surface area contributed by atoms with Gasteiger partial charge in [0.05, 0.1) is 11.3 Å². The largest absolute Gasteiger partial charge is 0.339 e. The lowest BCUT2D eigenvalue weighted by atomic mass is 9.64. The minimum atomic E-state index is -0.00643. The summed E-state index contributed by atoms with van der Waals surface area (Å²) >= 11 is 0. The summed E-state index contributed by atoms with van der Waals surface area (Å²) in [6.45, 7) is 2.15. The Morgan fingerprint density at radius 3 is 2.67 bits per heavy atom. The number of benzene rings is 1. The molecule has 1 aliphatic heterocycles. The van der Waals surface area contributed by atoms with E-state index in [1.165, 1.54) is 12.0 Å². The molecule has 1 saturated carbocycles. The summed E-state index contributed by atoms with van der Waals surface area (Å²) in [5.41, 5.74) is 1.32. The van der Waals surface area contributed by atoms with Crippen molar-refractivity contribution in [2.24, 2.45) is 0 Å². The van der Waals surface area contributed by atoms with Crippen molar-refractivity contribution < 1.29 is 4.52 Å². The molecule has 4 heteroatoms. The first-order chi connectivity index (χ1) is 10.3. The number of rotatable bonds is 3. The van der Waals surface area contributed by atoms with Gasteiger partial charge >= 0.3 is 0 Å². The highest BCUT2D eigenvalue weighted by atomic mass is 16.5. The van der Waals surface area contributed by atoms with Gasteiger partial charge in [0.2, 0.25) is 5.89 Å². The number of aromatic nitrogens is 2. The molecule has 4 rings (SSSR count). The molecule has 2 heterocycles. The molecule has 2 fully saturated rings. The van der Waals surface area contributed by atoms with Gasteiger partial charge in [0.25, 0.3) is 0 Å². The van der Waals surface area contributed by atoms with Gasteiger partial charge in [0, 0.05) is 6.54 Å². The van der Waals surface area contributed by atoms with Crippen LogP contribution in [0.5, 0.6) is 0 Å². The summed E-state index contributed by atoms with van der Waals surface area (Å²) in [6, 6.07) is 10.6. The number of likely N-dealkylation sites (N-methyl/N-ethyl adjacent to an activating group) is 1. The average Bonchev–Trinajstić information content (AvgIpc) is 3.08. The molecule has 1 aromatic carbocycles. The predicted molar refractivity (Wildman–Crippen MR) is 80.2 cm³/mol. The van der Waals surface area contributed by atoms with E-state index in [1.54, 1.807) is 0 Å². The number of hydrogen-bond donors (Lipinski definition) is 0. The standard InChI is InChI=1S/C17H21N3O/c1-20-11-8-13(12-20)15-18-16(19-21-15)17(9-5-10-17)14-6-3-2-4-7-14/h2-4,6-7,13H,5,8-12H2,1H3/t13-/m1/s1. The van der Waals surface area contributed by atoms with Crippen LogP contribution in [-0.2, 0) is 5.41 Å². The maximum absolute atomic E-state index is 5.61. The molecule has 0 bridgehead atoms. The molecule has 0 unspecified atom stereocenters. The fourth-order valence-electron chi connectivity index (χ4n) is 3.66. The maximum Gasteiger partial charge on any atom is 0.231 e. The molecule has 0 N–H and O–H groups in total. The van der Waals surface area contributed by atoms with Gasteiger partial charge in [-0.05, 0) is 38.4 Å². The lowest BCUT2D eigenvalue weighted by Gasteiger charge is -2.39. The summed E-state index contributed by atoms with van der Waals surface area (Å²) in [7, 11) is 2.15. The van der Waals surface area contributed by atoms with Gasteiger partial charge < -0.3 is 9.42 Å². The lowest BCUT2D eigenvalue weighted by molar-refractivity contribution is 0.269. The van der Waals surface area contributed by atoms with Gasteiger partial charge in [-0.1, -0.05) is 41.9 Å². The molecule has 21 heavy (non-hydrogen) atoms. The van der Waals surface area contributed by atoms with Crippen LogP contribution in [0.15, 0.2) is 34.9 Å². The zero-order chi connectivity index (χ0) is 14.3. The first-order valence-corrected chi connectivity index (χ1v) is 7.86. The molecule has 1 aromatic heterocycles. The monoisotopic (exact) mass is 283 g/mol. The summed E-state index contributed by atoms with van der Waals surface area (Å²) in [6.07, 6.45) is 4.61. The molecule has 1 atom stereocenters. The zero-order valence-electron chi connectivity index (χ0n) is 12.5. The SMILES string of the molecule is CN1CC[C@@H](c2nc(C3(c4ccccc4)CCC3)no2)C1. The third kappa shape index (κ3) is 2.09. The second kappa shape index (κ2) is 4.95. The Kier molecular flexibility index (Phi) is 3.07. The topological polar surface area (TPSA) is 42.2 Å². The van der Waals surface area contributed by atoms with Gasteiger partial charge in [-0.25, -0.2) is 0 Å². The Bertz CT molecular complexity index is 618. The number of hydrogen-bond acceptors (Lipinski definition) is 4. The van der Waals surface area contributed by atoms with Crippen molar-refractivity contribution in [3.8, 4) is 0 Å². The van der Waals surface area contributed by atoms with Crippen molar-refractivity contribution in [2.45, 2.75) is 37.0 Å². The Labute approximate surface area is 125 Å². The van der Waals surface area contributed by atoms with E-state index in [-0.39, 0.29) is 5.41 Å². The molecule has 2 aromatic rings. The highest BCUT2D eigenvalue weighted by Gasteiger charge is 2.44. The van der Waals surface area contributed by atoms with Crippen molar-refractivity contribution in [1.29, 1.82) is 0 Å². The van der Waals surface area contributed by atoms with E-state index < -0.39 is 0 Å². The summed E-state index contributed by atoms with van der Waals surface area (Å²) in [4.78, 5) is 7.12. The molecule has 0 amide bonds. The second-order valence-corrected chi connectivity index (χ2v) is 6.51. The molecular formula is C17H21N3O. The van der Waals surface area contributed by atoms with Crippen LogP contribution in [0.4, 0.5) is 0 Å². The lowest BCUT2D eigenvalue weighted by Crippen LogP contribution is -2.36. The van der Waals surface area contributed by atoms with E-state index >= 15 is 0 Å². The summed E-state index contributed by atoms with van der Waals surface area (Å²) < 4.78 is 5.61. The fraction of sp³-hybridized carbons (Fsp3) is 0.529. The van der Waals surface area contributed by atoms with E-state index in [2.05, 4.69) is 47.4 Å². The Morgan fingerprint density at radius 1 is 1.24 bits per heavy atom. The van der Waals surface area contributed by atoms with E-state index in [0.717, 1.165) is 44.1 Å². The normalized spacial score (nSPS) is 24.9. The van der Waals surface area contributed by atoms with Gasteiger partial charge in [0.15, 0.2) is 5.82 Å². The summed E-state index contributed by atoms with van der Waals surface area (Å²) in [5.74, 6) is 2.13. The molecular weight excluding hydrogens is 262 g/mol. The quantitative estimate of drug-likeness (QED) is 0.868. The molecule has 2 aliphatic rings. The van der Waals surface area contributed by atoms with Crippen LogP contribution in [0.3, 0.4) is 0 Å². The van der Waals surface area contributed by atoms with Crippen molar-refractivity contribution >= 4 is 0 Å². The van der Waals surface area contributed by atoms with E-state index in [9.17, 15) is 0 Å². The van der Waals surface area contributed by atoms with Crippen LogP contribution in [-0.4, -0.2) is 35.2 Å². The van der Waals surface area contributed by atoms with Crippen LogP contribution < -0.4 is 0 Å². The van der Waals surface area contributed by atoms with Crippen LogP contribution in [0, 0.1) is 0 Å². The van der Waals surface area contributed by atoms with E-state index in [0.29, 0.717) is 5.92 Å². The molecule has 110 valence electrons. The predicted octanol–water partition coefficient (Wildman–Crippen LogP) is 2.96. The van der Waals surface area contributed by atoms with Crippen LogP contribution in [0.2, 0.25) is 0 Å². The average molecular weight is 283 g/mol. The molecule has 0 radical (unpaired) electrons. The number of nitrogens with zero attached hydrogens (tertiary/aromatic N) is 3. The first kappa shape index (κ1) is 13.0. The van der Waals surface area contributed by atoms with Crippen molar-refractivity contribution in [2.75, 3.05) is 20.1 Å². The third-order valence-electron chi connectivity index (χ3n) is 5.14. The van der Waals surface area contributed by atoms with Crippen LogP contribution in [0.1, 0.15) is 48.9 Å². The second-order valence-electron chi connectivity index (χ2n) is 6.51. The van der Waals surface area contributed by atoms with Gasteiger partial charge in [0.1, 0.15) is 0 Å².